The third-order valence-electron chi connectivity index (χ3n) is 5.45. The van der Waals surface area contributed by atoms with Crippen molar-refractivity contribution in [3.63, 3.8) is 0 Å². The summed E-state index contributed by atoms with van der Waals surface area (Å²) in [6.07, 6.45) is 4.91. The molecule has 1 amide bonds. The van der Waals surface area contributed by atoms with Crippen LogP contribution in [-0.2, 0) is 17.6 Å². The number of methoxy groups -OCH3 is 1. The monoisotopic (exact) mass is 345 g/mol. The SMILES string of the molecule is CCCC(C(=O)NC1CCc2ccc(OC)cc2C1)N1CCNCC1. The quantitative estimate of drug-likeness (QED) is 0.825. The number of aryl methyl sites for hydroxylation is 1. The van der Waals surface area contributed by atoms with Gasteiger partial charge in [0.2, 0.25) is 5.91 Å². The minimum atomic E-state index is 0.0128. The molecule has 0 spiro atoms. The standard InChI is InChI=1S/C20H31N3O2/c1-3-4-19(23-11-9-21-10-12-23)20(24)22-17-7-5-15-6-8-18(25-2)14-16(15)13-17/h6,8,14,17,19,21H,3-5,7,9-13H2,1-2H3,(H,22,24). The molecule has 1 heterocycles. The van der Waals surface area contributed by atoms with Crippen LogP contribution in [0.5, 0.6) is 5.75 Å². The number of hydrogen-bond acceptors (Lipinski definition) is 4. The van der Waals surface area contributed by atoms with Gasteiger partial charge in [0, 0.05) is 32.2 Å². The van der Waals surface area contributed by atoms with Crippen molar-refractivity contribution in [2.45, 2.75) is 51.1 Å². The Morgan fingerprint density at radius 1 is 1.36 bits per heavy atom. The molecule has 3 rings (SSSR count). The second-order valence-corrected chi connectivity index (χ2v) is 7.17. The van der Waals surface area contributed by atoms with Crippen molar-refractivity contribution < 1.29 is 9.53 Å². The maximum Gasteiger partial charge on any atom is 0.237 e. The molecule has 0 aromatic heterocycles. The van der Waals surface area contributed by atoms with Crippen LogP contribution in [0.3, 0.4) is 0 Å². The van der Waals surface area contributed by atoms with Crippen molar-refractivity contribution in [1.29, 1.82) is 0 Å². The largest absolute Gasteiger partial charge is 0.497 e. The number of rotatable bonds is 6. The zero-order chi connectivity index (χ0) is 17.6. The number of nitrogens with zero attached hydrogens (tertiary/aromatic N) is 1. The molecule has 0 bridgehead atoms. The van der Waals surface area contributed by atoms with Crippen molar-refractivity contribution in [3.05, 3.63) is 29.3 Å². The molecule has 5 nitrogen and oxygen atoms in total. The van der Waals surface area contributed by atoms with E-state index < -0.39 is 0 Å². The predicted molar refractivity (Wildman–Crippen MR) is 100 cm³/mol. The van der Waals surface area contributed by atoms with Gasteiger partial charge in [-0.25, -0.2) is 0 Å². The van der Waals surface area contributed by atoms with E-state index in [0.717, 1.165) is 64.0 Å². The number of ether oxygens (including phenoxy) is 1. The second-order valence-electron chi connectivity index (χ2n) is 7.17. The Bertz CT molecular complexity index is 584. The molecule has 1 aliphatic heterocycles. The van der Waals surface area contributed by atoms with Gasteiger partial charge in [0.1, 0.15) is 5.75 Å². The van der Waals surface area contributed by atoms with E-state index in [1.165, 1.54) is 11.1 Å². The predicted octanol–water partition coefficient (Wildman–Crippen LogP) is 1.74. The normalized spacial score (nSPS) is 22.1. The average molecular weight is 345 g/mol. The fraction of sp³-hybridized carbons (Fsp3) is 0.650. The molecule has 5 heteroatoms. The average Bonchev–Trinajstić information content (AvgIpc) is 2.66. The van der Waals surface area contributed by atoms with Crippen molar-refractivity contribution in [2.75, 3.05) is 33.3 Å². The number of carbonyl (C=O) groups excluding carboxylic acids is 1. The van der Waals surface area contributed by atoms with E-state index >= 15 is 0 Å². The summed E-state index contributed by atoms with van der Waals surface area (Å²) in [6, 6.07) is 6.55. The van der Waals surface area contributed by atoms with Crippen LogP contribution in [0.15, 0.2) is 18.2 Å². The van der Waals surface area contributed by atoms with Gasteiger partial charge in [-0.2, -0.15) is 0 Å². The minimum absolute atomic E-state index is 0.0128. The van der Waals surface area contributed by atoms with Gasteiger partial charge in [-0.1, -0.05) is 19.4 Å². The lowest BCUT2D eigenvalue weighted by molar-refractivity contribution is -0.127. The molecule has 1 saturated heterocycles. The van der Waals surface area contributed by atoms with Gasteiger partial charge in [0.25, 0.3) is 0 Å². The van der Waals surface area contributed by atoms with E-state index in [4.69, 9.17) is 4.74 Å². The van der Waals surface area contributed by atoms with Gasteiger partial charge in [0.05, 0.1) is 13.2 Å². The summed E-state index contributed by atoms with van der Waals surface area (Å²) in [5.41, 5.74) is 2.70. The molecule has 25 heavy (non-hydrogen) atoms. The number of piperazine rings is 1. The molecule has 138 valence electrons. The lowest BCUT2D eigenvalue weighted by atomic mass is 9.88. The van der Waals surface area contributed by atoms with Crippen molar-refractivity contribution >= 4 is 5.91 Å². The Labute approximate surface area is 151 Å². The van der Waals surface area contributed by atoms with Gasteiger partial charge in [0.15, 0.2) is 0 Å². The van der Waals surface area contributed by atoms with E-state index in [2.05, 4.69) is 34.6 Å². The summed E-state index contributed by atoms with van der Waals surface area (Å²) in [6.45, 7) is 6.03. The minimum Gasteiger partial charge on any atom is -0.497 e. The van der Waals surface area contributed by atoms with E-state index in [-0.39, 0.29) is 18.0 Å². The van der Waals surface area contributed by atoms with Crippen LogP contribution in [0, 0.1) is 0 Å². The van der Waals surface area contributed by atoms with Crippen LogP contribution >= 0.6 is 0 Å². The van der Waals surface area contributed by atoms with Crippen molar-refractivity contribution in [1.82, 2.24) is 15.5 Å². The van der Waals surface area contributed by atoms with Gasteiger partial charge < -0.3 is 15.4 Å². The number of nitrogens with one attached hydrogen (secondary N) is 2. The number of hydrogen-bond donors (Lipinski definition) is 2. The summed E-state index contributed by atoms with van der Waals surface area (Å²) < 4.78 is 5.35. The third kappa shape index (κ3) is 4.53. The Balaban J connectivity index is 1.63. The van der Waals surface area contributed by atoms with Crippen LogP contribution in [0.1, 0.15) is 37.3 Å². The second kappa shape index (κ2) is 8.68. The summed E-state index contributed by atoms with van der Waals surface area (Å²) in [7, 11) is 1.70. The van der Waals surface area contributed by atoms with Gasteiger partial charge in [-0.3, -0.25) is 9.69 Å². The maximum absolute atomic E-state index is 12.9. The van der Waals surface area contributed by atoms with Crippen LogP contribution < -0.4 is 15.4 Å². The van der Waals surface area contributed by atoms with Gasteiger partial charge in [-0.15, -0.1) is 0 Å². The summed E-state index contributed by atoms with van der Waals surface area (Å²) >= 11 is 0. The highest BCUT2D eigenvalue weighted by Crippen LogP contribution is 2.25. The Hall–Kier alpha value is -1.59. The first-order chi connectivity index (χ1) is 12.2. The highest BCUT2D eigenvalue weighted by atomic mass is 16.5. The highest BCUT2D eigenvalue weighted by molar-refractivity contribution is 5.82. The summed E-state index contributed by atoms with van der Waals surface area (Å²) in [5, 5.41) is 6.71. The fourth-order valence-electron chi connectivity index (χ4n) is 4.03. The number of benzene rings is 1. The molecule has 1 aromatic carbocycles. The zero-order valence-electron chi connectivity index (χ0n) is 15.5. The van der Waals surface area contributed by atoms with E-state index in [1.54, 1.807) is 7.11 Å². The molecule has 1 aromatic rings. The molecule has 2 aliphatic rings. The van der Waals surface area contributed by atoms with Gasteiger partial charge in [-0.05, 0) is 48.9 Å². The first-order valence-electron chi connectivity index (χ1n) is 9.62. The van der Waals surface area contributed by atoms with Crippen molar-refractivity contribution in [2.24, 2.45) is 0 Å². The molecule has 2 atom stereocenters. The maximum atomic E-state index is 12.9. The van der Waals surface area contributed by atoms with Crippen LogP contribution in [-0.4, -0.2) is 56.2 Å². The first kappa shape index (κ1) is 18.2. The lowest BCUT2D eigenvalue weighted by Gasteiger charge is -2.35. The smallest absolute Gasteiger partial charge is 0.237 e. The fourth-order valence-corrected chi connectivity index (χ4v) is 4.03. The molecular weight excluding hydrogens is 314 g/mol. The topological polar surface area (TPSA) is 53.6 Å². The molecular formula is C20H31N3O2. The Kier molecular flexibility index (Phi) is 6.32. The molecule has 1 fully saturated rings. The Morgan fingerprint density at radius 3 is 2.88 bits per heavy atom. The summed E-state index contributed by atoms with van der Waals surface area (Å²) in [4.78, 5) is 15.3. The van der Waals surface area contributed by atoms with Crippen LogP contribution in [0.25, 0.3) is 0 Å². The zero-order valence-corrected chi connectivity index (χ0v) is 15.5. The highest BCUT2D eigenvalue weighted by Gasteiger charge is 2.29. The van der Waals surface area contributed by atoms with Crippen molar-refractivity contribution in [3.8, 4) is 5.75 Å². The van der Waals surface area contributed by atoms with Crippen LogP contribution in [0.2, 0.25) is 0 Å². The Morgan fingerprint density at radius 2 is 2.16 bits per heavy atom. The molecule has 1 aliphatic carbocycles. The molecule has 2 unspecified atom stereocenters. The van der Waals surface area contributed by atoms with Gasteiger partial charge >= 0.3 is 0 Å². The third-order valence-corrected chi connectivity index (χ3v) is 5.45. The summed E-state index contributed by atoms with van der Waals surface area (Å²) in [5.74, 6) is 1.11. The number of fused-ring (bicyclic) bond motifs is 1. The molecule has 2 N–H and O–H groups in total. The molecule has 0 radical (unpaired) electrons. The number of amides is 1. The first-order valence-corrected chi connectivity index (χ1v) is 9.62. The number of carbonyl (C=O) groups is 1. The molecule has 0 saturated carbocycles. The van der Waals surface area contributed by atoms with E-state index in [9.17, 15) is 4.79 Å². The lowest BCUT2D eigenvalue weighted by Crippen LogP contribution is -2.55. The van der Waals surface area contributed by atoms with Crippen LogP contribution in [0.4, 0.5) is 0 Å². The van der Waals surface area contributed by atoms with E-state index in [1.807, 2.05) is 6.07 Å². The van der Waals surface area contributed by atoms with E-state index in [0.29, 0.717) is 0 Å².